The standard InChI is InChI=1S/C10H21NO2/c1-5-6-7-9(11)10(3,4)13-8(2)12/h9H,5-7,11H2,1-4H3. The highest BCUT2D eigenvalue weighted by molar-refractivity contribution is 5.66. The molecule has 0 spiro atoms. The fraction of sp³-hybridized carbons (Fsp3) is 0.900. The molecule has 0 fully saturated rings. The van der Waals surface area contributed by atoms with Crippen LogP contribution >= 0.6 is 0 Å². The Bertz CT molecular complexity index is 166. The Hall–Kier alpha value is -0.570. The van der Waals surface area contributed by atoms with Gasteiger partial charge in [-0.3, -0.25) is 4.79 Å². The molecule has 0 aliphatic carbocycles. The predicted molar refractivity (Wildman–Crippen MR) is 53.3 cm³/mol. The van der Waals surface area contributed by atoms with Crippen LogP contribution in [0.5, 0.6) is 0 Å². The number of rotatable bonds is 5. The van der Waals surface area contributed by atoms with Gasteiger partial charge in [0.05, 0.1) is 0 Å². The lowest BCUT2D eigenvalue weighted by molar-refractivity contribution is -0.155. The molecule has 78 valence electrons. The van der Waals surface area contributed by atoms with Gasteiger partial charge < -0.3 is 10.5 Å². The minimum atomic E-state index is -0.541. The van der Waals surface area contributed by atoms with Gasteiger partial charge in [-0.15, -0.1) is 0 Å². The van der Waals surface area contributed by atoms with Crippen molar-refractivity contribution in [2.45, 2.75) is 58.6 Å². The second-order valence-corrected chi connectivity index (χ2v) is 3.95. The molecule has 0 aromatic rings. The molecule has 0 aromatic heterocycles. The van der Waals surface area contributed by atoms with E-state index >= 15 is 0 Å². The number of nitrogens with two attached hydrogens (primary N) is 1. The number of hydrogen-bond donors (Lipinski definition) is 1. The molecule has 0 saturated heterocycles. The normalized spacial score (nSPS) is 13.9. The van der Waals surface area contributed by atoms with Gasteiger partial charge in [0, 0.05) is 13.0 Å². The molecule has 1 atom stereocenters. The Labute approximate surface area is 80.6 Å². The summed E-state index contributed by atoms with van der Waals surface area (Å²) in [4.78, 5) is 10.8. The van der Waals surface area contributed by atoms with Crippen molar-refractivity contribution in [3.8, 4) is 0 Å². The summed E-state index contributed by atoms with van der Waals surface area (Å²) < 4.78 is 5.13. The van der Waals surface area contributed by atoms with Gasteiger partial charge in [0.2, 0.25) is 0 Å². The van der Waals surface area contributed by atoms with Crippen molar-refractivity contribution in [1.29, 1.82) is 0 Å². The summed E-state index contributed by atoms with van der Waals surface area (Å²) >= 11 is 0. The van der Waals surface area contributed by atoms with Crippen LogP contribution < -0.4 is 5.73 Å². The van der Waals surface area contributed by atoms with E-state index in [-0.39, 0.29) is 12.0 Å². The number of carbonyl (C=O) groups is 1. The summed E-state index contributed by atoms with van der Waals surface area (Å²) in [6.45, 7) is 7.24. The van der Waals surface area contributed by atoms with Crippen LogP contribution in [0.4, 0.5) is 0 Å². The zero-order valence-corrected chi connectivity index (χ0v) is 9.09. The molecule has 0 radical (unpaired) electrons. The molecule has 0 bridgehead atoms. The van der Waals surface area contributed by atoms with Gasteiger partial charge >= 0.3 is 5.97 Å². The molecular weight excluding hydrogens is 166 g/mol. The number of unbranched alkanes of at least 4 members (excludes halogenated alkanes) is 1. The first-order valence-corrected chi connectivity index (χ1v) is 4.85. The lowest BCUT2D eigenvalue weighted by Gasteiger charge is -2.30. The van der Waals surface area contributed by atoms with Gasteiger partial charge in [-0.25, -0.2) is 0 Å². The lowest BCUT2D eigenvalue weighted by Crippen LogP contribution is -2.46. The molecule has 2 N–H and O–H groups in total. The zero-order valence-electron chi connectivity index (χ0n) is 9.09. The molecule has 0 amide bonds. The van der Waals surface area contributed by atoms with E-state index in [0.29, 0.717) is 0 Å². The van der Waals surface area contributed by atoms with Crippen LogP contribution in [0, 0.1) is 0 Å². The Morgan fingerprint density at radius 3 is 2.46 bits per heavy atom. The fourth-order valence-corrected chi connectivity index (χ4v) is 1.22. The molecule has 0 rings (SSSR count). The van der Waals surface area contributed by atoms with Crippen molar-refractivity contribution in [1.82, 2.24) is 0 Å². The number of esters is 1. The quantitative estimate of drug-likeness (QED) is 0.668. The second-order valence-electron chi connectivity index (χ2n) is 3.95. The number of ether oxygens (including phenoxy) is 1. The van der Waals surface area contributed by atoms with E-state index in [1.165, 1.54) is 6.92 Å². The summed E-state index contributed by atoms with van der Waals surface area (Å²) in [5.74, 6) is -0.267. The van der Waals surface area contributed by atoms with E-state index in [1.54, 1.807) is 0 Å². The number of carbonyl (C=O) groups excluding carboxylic acids is 1. The first-order chi connectivity index (χ1) is 5.90. The maximum Gasteiger partial charge on any atom is 0.303 e. The van der Waals surface area contributed by atoms with Crippen molar-refractivity contribution in [3.05, 3.63) is 0 Å². The average Bonchev–Trinajstić information content (AvgIpc) is 1.97. The highest BCUT2D eigenvalue weighted by Gasteiger charge is 2.28. The summed E-state index contributed by atoms with van der Waals surface area (Å²) in [6, 6.07) is -0.0728. The third-order valence-electron chi connectivity index (χ3n) is 2.17. The van der Waals surface area contributed by atoms with Crippen LogP contribution in [0.25, 0.3) is 0 Å². The zero-order chi connectivity index (χ0) is 10.5. The van der Waals surface area contributed by atoms with E-state index in [4.69, 9.17) is 10.5 Å². The SMILES string of the molecule is CCCCC(N)C(C)(C)OC(C)=O. The van der Waals surface area contributed by atoms with E-state index < -0.39 is 5.60 Å². The highest BCUT2D eigenvalue weighted by atomic mass is 16.6. The van der Waals surface area contributed by atoms with Gasteiger partial charge in [-0.1, -0.05) is 19.8 Å². The molecular formula is C10H21NO2. The van der Waals surface area contributed by atoms with Crippen LogP contribution in [-0.2, 0) is 9.53 Å². The van der Waals surface area contributed by atoms with Gasteiger partial charge in [-0.2, -0.15) is 0 Å². The summed E-state index contributed by atoms with van der Waals surface area (Å²) in [7, 11) is 0. The maximum absolute atomic E-state index is 10.8. The van der Waals surface area contributed by atoms with E-state index in [1.807, 2.05) is 13.8 Å². The summed E-state index contributed by atoms with van der Waals surface area (Å²) in [6.07, 6.45) is 3.09. The Balaban J connectivity index is 4.01. The van der Waals surface area contributed by atoms with Crippen LogP contribution in [0.2, 0.25) is 0 Å². The van der Waals surface area contributed by atoms with Crippen molar-refractivity contribution in [3.63, 3.8) is 0 Å². The first kappa shape index (κ1) is 12.4. The first-order valence-electron chi connectivity index (χ1n) is 4.85. The number of hydrogen-bond acceptors (Lipinski definition) is 3. The molecule has 0 saturated carbocycles. The van der Waals surface area contributed by atoms with E-state index in [0.717, 1.165) is 19.3 Å². The summed E-state index contributed by atoms with van der Waals surface area (Å²) in [5, 5.41) is 0. The van der Waals surface area contributed by atoms with Gasteiger partial charge in [-0.05, 0) is 20.3 Å². The van der Waals surface area contributed by atoms with Crippen molar-refractivity contribution < 1.29 is 9.53 Å². The Morgan fingerprint density at radius 1 is 1.54 bits per heavy atom. The van der Waals surface area contributed by atoms with Crippen LogP contribution in [-0.4, -0.2) is 17.6 Å². The second kappa shape index (κ2) is 5.22. The van der Waals surface area contributed by atoms with Crippen molar-refractivity contribution in [2.75, 3.05) is 0 Å². The minimum Gasteiger partial charge on any atom is -0.458 e. The molecule has 0 heterocycles. The maximum atomic E-state index is 10.8. The Kier molecular flexibility index (Phi) is 4.99. The van der Waals surface area contributed by atoms with Crippen LogP contribution in [0.15, 0.2) is 0 Å². The molecule has 0 aliphatic rings. The van der Waals surface area contributed by atoms with Crippen LogP contribution in [0.1, 0.15) is 47.0 Å². The molecule has 0 aliphatic heterocycles. The highest BCUT2D eigenvalue weighted by Crippen LogP contribution is 2.17. The van der Waals surface area contributed by atoms with Crippen molar-refractivity contribution >= 4 is 5.97 Å². The Morgan fingerprint density at radius 2 is 2.08 bits per heavy atom. The summed E-state index contributed by atoms with van der Waals surface area (Å²) in [5.41, 5.74) is 5.37. The third-order valence-corrected chi connectivity index (χ3v) is 2.17. The molecule has 13 heavy (non-hydrogen) atoms. The van der Waals surface area contributed by atoms with Crippen molar-refractivity contribution in [2.24, 2.45) is 5.73 Å². The molecule has 1 unspecified atom stereocenters. The van der Waals surface area contributed by atoms with Gasteiger partial charge in [0.1, 0.15) is 5.60 Å². The van der Waals surface area contributed by atoms with Crippen LogP contribution in [0.3, 0.4) is 0 Å². The average molecular weight is 187 g/mol. The van der Waals surface area contributed by atoms with Gasteiger partial charge in [0.25, 0.3) is 0 Å². The fourth-order valence-electron chi connectivity index (χ4n) is 1.22. The largest absolute Gasteiger partial charge is 0.458 e. The monoisotopic (exact) mass is 187 g/mol. The lowest BCUT2D eigenvalue weighted by atomic mass is 9.94. The van der Waals surface area contributed by atoms with E-state index in [9.17, 15) is 4.79 Å². The topological polar surface area (TPSA) is 52.3 Å². The van der Waals surface area contributed by atoms with E-state index in [2.05, 4.69) is 6.92 Å². The molecule has 3 nitrogen and oxygen atoms in total. The third kappa shape index (κ3) is 4.88. The molecule has 0 aromatic carbocycles. The van der Waals surface area contributed by atoms with Gasteiger partial charge in [0.15, 0.2) is 0 Å². The molecule has 3 heteroatoms. The minimum absolute atomic E-state index is 0.0728. The predicted octanol–water partition coefficient (Wildman–Crippen LogP) is 1.85. The smallest absolute Gasteiger partial charge is 0.303 e.